The van der Waals surface area contributed by atoms with Crippen LogP contribution in [0.5, 0.6) is 0 Å². The lowest BCUT2D eigenvalue weighted by Crippen LogP contribution is -2.51. The summed E-state index contributed by atoms with van der Waals surface area (Å²) >= 11 is 1.15. The summed E-state index contributed by atoms with van der Waals surface area (Å²) in [6.45, 7) is 8.79. The molecule has 1 saturated heterocycles. The number of aryl methyl sites for hydroxylation is 1. The van der Waals surface area contributed by atoms with Gasteiger partial charge in [0.2, 0.25) is 0 Å². The standard InChI is InChI=1S/C25H28FN5O2S2/c1-17(2)14-29-8-9-30(35(32,33)25-13-27-16-34-25)15-24(29)22-11-19-12-28-31(23(19)10-18(22)3)21-6-4-20(26)5-7-21/h4-7,10-13,16-17,24H,8-9,14-15H2,1-3H3/t24-/m1/s1. The molecule has 0 amide bonds. The molecule has 10 heteroatoms. The number of halogens is 1. The molecule has 184 valence electrons. The largest absolute Gasteiger partial charge is 0.293 e. The molecule has 1 fully saturated rings. The third-order valence-electron chi connectivity index (χ3n) is 6.44. The minimum atomic E-state index is -3.59. The van der Waals surface area contributed by atoms with Gasteiger partial charge in [-0.3, -0.25) is 9.88 Å². The topological polar surface area (TPSA) is 71.3 Å². The second-order valence-electron chi connectivity index (χ2n) is 9.39. The van der Waals surface area contributed by atoms with E-state index in [4.69, 9.17) is 0 Å². The Hall–Kier alpha value is -2.66. The first-order valence-electron chi connectivity index (χ1n) is 11.6. The Morgan fingerprint density at radius 1 is 1.14 bits per heavy atom. The van der Waals surface area contributed by atoms with Gasteiger partial charge in [-0.25, -0.2) is 17.5 Å². The fourth-order valence-electron chi connectivity index (χ4n) is 4.80. The molecule has 1 aliphatic rings. The van der Waals surface area contributed by atoms with Gasteiger partial charge in [0.1, 0.15) is 5.82 Å². The Morgan fingerprint density at radius 2 is 1.91 bits per heavy atom. The van der Waals surface area contributed by atoms with Crippen molar-refractivity contribution in [1.82, 2.24) is 24.0 Å². The lowest BCUT2D eigenvalue weighted by Gasteiger charge is -2.42. The summed E-state index contributed by atoms with van der Waals surface area (Å²) in [6, 6.07) is 10.4. The molecule has 0 saturated carbocycles. The van der Waals surface area contributed by atoms with Gasteiger partial charge in [0.15, 0.2) is 4.21 Å². The second kappa shape index (κ2) is 9.42. The minimum absolute atomic E-state index is 0.0765. The van der Waals surface area contributed by atoms with Gasteiger partial charge in [-0.05, 0) is 60.4 Å². The molecule has 35 heavy (non-hydrogen) atoms. The molecule has 0 aliphatic carbocycles. The number of rotatable bonds is 6. The summed E-state index contributed by atoms with van der Waals surface area (Å²) in [5, 5.41) is 5.51. The molecule has 4 aromatic rings. The maximum Gasteiger partial charge on any atom is 0.254 e. The van der Waals surface area contributed by atoms with Crippen LogP contribution in [-0.2, 0) is 10.0 Å². The number of benzene rings is 2. The van der Waals surface area contributed by atoms with Crippen LogP contribution in [0.4, 0.5) is 4.39 Å². The molecule has 0 bridgehead atoms. The van der Waals surface area contributed by atoms with Crippen LogP contribution in [0.2, 0.25) is 0 Å². The van der Waals surface area contributed by atoms with Crippen molar-refractivity contribution < 1.29 is 12.8 Å². The van der Waals surface area contributed by atoms with E-state index < -0.39 is 10.0 Å². The first kappa shape index (κ1) is 24.1. The van der Waals surface area contributed by atoms with Gasteiger partial charge < -0.3 is 0 Å². The van der Waals surface area contributed by atoms with Crippen LogP contribution < -0.4 is 0 Å². The molecule has 0 N–H and O–H groups in total. The number of sulfonamides is 1. The van der Waals surface area contributed by atoms with Gasteiger partial charge in [-0.2, -0.15) is 9.40 Å². The van der Waals surface area contributed by atoms with Crippen LogP contribution in [0.3, 0.4) is 0 Å². The highest BCUT2D eigenvalue weighted by atomic mass is 32.2. The normalized spacial score (nSPS) is 18.0. The van der Waals surface area contributed by atoms with E-state index in [2.05, 4.69) is 47.9 Å². The van der Waals surface area contributed by atoms with Gasteiger partial charge in [-0.15, -0.1) is 11.3 Å². The minimum Gasteiger partial charge on any atom is -0.293 e. The highest BCUT2D eigenvalue weighted by Crippen LogP contribution is 2.34. The van der Waals surface area contributed by atoms with Crippen molar-refractivity contribution in [3.8, 4) is 5.69 Å². The van der Waals surface area contributed by atoms with Crippen molar-refractivity contribution in [2.24, 2.45) is 5.92 Å². The van der Waals surface area contributed by atoms with Crippen LogP contribution in [-0.4, -0.2) is 58.6 Å². The van der Waals surface area contributed by atoms with Crippen LogP contribution in [0.1, 0.15) is 31.0 Å². The van der Waals surface area contributed by atoms with Crippen LogP contribution in [0.25, 0.3) is 16.6 Å². The monoisotopic (exact) mass is 513 g/mol. The molecule has 7 nitrogen and oxygen atoms in total. The van der Waals surface area contributed by atoms with Crippen LogP contribution in [0, 0.1) is 18.7 Å². The van der Waals surface area contributed by atoms with Gasteiger partial charge in [-0.1, -0.05) is 13.8 Å². The Kier molecular flexibility index (Phi) is 6.47. The molecule has 3 heterocycles. The lowest BCUT2D eigenvalue weighted by atomic mass is 9.96. The molecule has 0 unspecified atom stereocenters. The summed E-state index contributed by atoms with van der Waals surface area (Å²) in [4.78, 5) is 6.36. The van der Waals surface area contributed by atoms with Crippen molar-refractivity contribution >= 4 is 32.3 Å². The zero-order valence-corrected chi connectivity index (χ0v) is 21.6. The van der Waals surface area contributed by atoms with E-state index in [0.29, 0.717) is 25.6 Å². The average molecular weight is 514 g/mol. The third-order valence-corrected chi connectivity index (χ3v) is 9.55. The molecule has 0 spiro atoms. The zero-order chi connectivity index (χ0) is 24.7. The number of thiazole rings is 1. The maximum absolute atomic E-state index is 13.4. The van der Waals surface area contributed by atoms with Crippen molar-refractivity contribution in [2.75, 3.05) is 26.2 Å². The second-order valence-corrected chi connectivity index (χ2v) is 12.4. The first-order chi connectivity index (χ1) is 16.7. The number of hydrogen-bond donors (Lipinski definition) is 0. The average Bonchev–Trinajstić information content (AvgIpc) is 3.50. The molecule has 2 aromatic carbocycles. The molecule has 5 rings (SSSR count). The van der Waals surface area contributed by atoms with Gasteiger partial charge >= 0.3 is 0 Å². The summed E-state index contributed by atoms with van der Waals surface area (Å²) in [7, 11) is -3.59. The number of piperazine rings is 1. The predicted molar refractivity (Wildman–Crippen MR) is 136 cm³/mol. The van der Waals surface area contributed by atoms with E-state index in [9.17, 15) is 12.8 Å². The number of nitrogens with zero attached hydrogens (tertiary/aromatic N) is 5. The van der Waals surface area contributed by atoms with Crippen molar-refractivity contribution in [3.63, 3.8) is 0 Å². The first-order valence-corrected chi connectivity index (χ1v) is 13.9. The van der Waals surface area contributed by atoms with Crippen LogP contribution in [0.15, 0.2) is 58.5 Å². The predicted octanol–water partition coefficient (Wildman–Crippen LogP) is 4.63. The highest BCUT2D eigenvalue weighted by Gasteiger charge is 2.36. The van der Waals surface area contributed by atoms with E-state index in [1.807, 2.05) is 6.20 Å². The van der Waals surface area contributed by atoms with Gasteiger partial charge in [0.05, 0.1) is 29.1 Å². The highest BCUT2D eigenvalue weighted by molar-refractivity contribution is 7.91. The van der Waals surface area contributed by atoms with E-state index >= 15 is 0 Å². The Balaban J connectivity index is 1.53. The quantitative estimate of drug-likeness (QED) is 0.376. The van der Waals surface area contributed by atoms with Crippen molar-refractivity contribution in [1.29, 1.82) is 0 Å². The van der Waals surface area contributed by atoms with E-state index in [-0.39, 0.29) is 16.1 Å². The smallest absolute Gasteiger partial charge is 0.254 e. The number of hydrogen-bond acceptors (Lipinski definition) is 6. The SMILES string of the molecule is Cc1cc2c(cnn2-c2ccc(F)cc2)cc1[C@H]1CN(S(=O)(=O)c2cncs2)CCN1CC(C)C. The number of aromatic nitrogens is 3. The molecule has 2 aromatic heterocycles. The third kappa shape index (κ3) is 4.63. The molecule has 1 atom stereocenters. The summed E-state index contributed by atoms with van der Waals surface area (Å²) in [5.41, 5.74) is 5.43. The molecule has 1 aliphatic heterocycles. The van der Waals surface area contributed by atoms with Crippen molar-refractivity contribution in [2.45, 2.75) is 31.0 Å². The van der Waals surface area contributed by atoms with Gasteiger partial charge in [0.25, 0.3) is 10.0 Å². The van der Waals surface area contributed by atoms with E-state index in [1.165, 1.54) is 18.3 Å². The molecular formula is C25H28FN5O2S2. The summed E-state index contributed by atoms with van der Waals surface area (Å²) in [6.07, 6.45) is 3.24. The Labute approximate surface area is 208 Å². The fourth-order valence-corrected chi connectivity index (χ4v) is 7.19. The lowest BCUT2D eigenvalue weighted by molar-refractivity contribution is 0.105. The Morgan fingerprint density at radius 3 is 2.60 bits per heavy atom. The fraction of sp³-hybridized carbons (Fsp3) is 0.360. The maximum atomic E-state index is 13.4. The summed E-state index contributed by atoms with van der Waals surface area (Å²) in [5.74, 6) is 0.163. The molecular weight excluding hydrogens is 485 g/mol. The summed E-state index contributed by atoms with van der Waals surface area (Å²) < 4.78 is 43.6. The van der Waals surface area contributed by atoms with Crippen molar-refractivity contribution in [3.05, 3.63) is 71.2 Å². The number of fused-ring (bicyclic) bond motifs is 1. The molecule has 0 radical (unpaired) electrons. The Bertz CT molecular complexity index is 1430. The van der Waals surface area contributed by atoms with Crippen LogP contribution >= 0.6 is 11.3 Å². The van der Waals surface area contributed by atoms with Gasteiger partial charge in [0, 0.05) is 37.6 Å². The van der Waals surface area contributed by atoms with E-state index in [1.54, 1.807) is 26.6 Å². The zero-order valence-electron chi connectivity index (χ0n) is 19.9. The van der Waals surface area contributed by atoms with E-state index in [0.717, 1.165) is 45.6 Å².